The van der Waals surface area contributed by atoms with E-state index in [2.05, 4.69) is 35.4 Å². The summed E-state index contributed by atoms with van der Waals surface area (Å²) in [4.78, 5) is 4.23. The fourth-order valence-electron chi connectivity index (χ4n) is 1.18. The van der Waals surface area contributed by atoms with Gasteiger partial charge in [0, 0.05) is 23.9 Å². The average Bonchev–Trinajstić information content (AvgIpc) is 2.55. The maximum atomic E-state index is 5.22. The third kappa shape index (κ3) is 3.17. The van der Waals surface area contributed by atoms with E-state index in [4.69, 9.17) is 6.42 Å². The molecule has 1 heterocycles. The Labute approximate surface area is 83.4 Å². The summed E-state index contributed by atoms with van der Waals surface area (Å²) in [5.41, 5.74) is 2.94. The zero-order valence-electron chi connectivity index (χ0n) is 7.95. The highest BCUT2D eigenvalue weighted by atomic mass is 32.1. The number of aromatic nitrogens is 1. The molecule has 0 aromatic carbocycles. The number of thiazole rings is 1. The van der Waals surface area contributed by atoms with Crippen LogP contribution >= 0.6 is 11.3 Å². The third-order valence-electron chi connectivity index (χ3n) is 1.85. The summed E-state index contributed by atoms with van der Waals surface area (Å²) in [6, 6.07) is 0.635. The molecule has 1 aromatic rings. The lowest BCUT2D eigenvalue weighted by Crippen LogP contribution is -2.28. The van der Waals surface area contributed by atoms with Crippen LogP contribution in [-0.2, 0) is 0 Å². The quantitative estimate of drug-likeness (QED) is 0.743. The number of hydrogen-bond acceptors (Lipinski definition) is 3. The molecule has 0 bridgehead atoms. The van der Waals surface area contributed by atoms with Crippen molar-refractivity contribution in [3.63, 3.8) is 0 Å². The number of hydrogen-bond donors (Lipinski definition) is 1. The largest absolute Gasteiger partial charge is 0.305 e. The topological polar surface area (TPSA) is 24.9 Å². The highest BCUT2D eigenvalue weighted by Gasteiger charge is 2.09. The van der Waals surface area contributed by atoms with Gasteiger partial charge in [-0.2, -0.15) is 0 Å². The van der Waals surface area contributed by atoms with Crippen LogP contribution in [0.1, 0.15) is 32.0 Å². The second-order valence-electron chi connectivity index (χ2n) is 3.11. The fraction of sp³-hybridized carbons (Fsp3) is 0.500. The molecule has 0 aliphatic rings. The first-order chi connectivity index (χ1) is 6.24. The number of terminal acetylenes is 1. The van der Waals surface area contributed by atoms with E-state index in [1.165, 1.54) is 0 Å². The summed E-state index contributed by atoms with van der Waals surface area (Å²) >= 11 is 1.62. The highest BCUT2D eigenvalue weighted by molar-refractivity contribution is 7.07. The van der Waals surface area contributed by atoms with Crippen LogP contribution in [0.5, 0.6) is 0 Å². The van der Waals surface area contributed by atoms with Crippen LogP contribution in [0.4, 0.5) is 0 Å². The molecule has 2 nitrogen and oxygen atoms in total. The normalized spacial score (nSPS) is 14.8. The van der Waals surface area contributed by atoms with Crippen LogP contribution in [0, 0.1) is 12.3 Å². The van der Waals surface area contributed by atoms with Gasteiger partial charge in [-0.3, -0.25) is 0 Å². The van der Waals surface area contributed by atoms with Crippen LogP contribution in [0.3, 0.4) is 0 Å². The summed E-state index contributed by atoms with van der Waals surface area (Å²) in [7, 11) is 0. The molecular formula is C10H14N2S. The number of rotatable bonds is 4. The van der Waals surface area contributed by atoms with Gasteiger partial charge in [-0.25, -0.2) is 4.98 Å². The fourth-order valence-corrected chi connectivity index (χ4v) is 1.83. The van der Waals surface area contributed by atoms with Crippen LogP contribution in [0.25, 0.3) is 0 Å². The molecule has 0 spiro atoms. The minimum atomic E-state index is 0.287. The van der Waals surface area contributed by atoms with Crippen molar-refractivity contribution in [1.82, 2.24) is 10.3 Å². The van der Waals surface area contributed by atoms with Gasteiger partial charge in [-0.1, -0.05) is 0 Å². The van der Waals surface area contributed by atoms with Crippen molar-refractivity contribution in [3.8, 4) is 12.3 Å². The van der Waals surface area contributed by atoms with Crippen molar-refractivity contribution in [2.24, 2.45) is 0 Å². The van der Waals surface area contributed by atoms with E-state index in [0.29, 0.717) is 6.04 Å². The lowest BCUT2D eigenvalue weighted by Gasteiger charge is -2.16. The van der Waals surface area contributed by atoms with E-state index in [1.807, 2.05) is 5.51 Å². The Kier molecular flexibility index (Phi) is 3.94. The monoisotopic (exact) mass is 194 g/mol. The molecule has 2 atom stereocenters. The van der Waals surface area contributed by atoms with Crippen molar-refractivity contribution in [3.05, 3.63) is 16.6 Å². The molecule has 13 heavy (non-hydrogen) atoms. The molecule has 0 aliphatic heterocycles. The molecule has 0 fully saturated rings. The summed E-state index contributed by atoms with van der Waals surface area (Å²) in [5, 5.41) is 5.44. The van der Waals surface area contributed by atoms with Crippen molar-refractivity contribution in [2.45, 2.75) is 32.4 Å². The van der Waals surface area contributed by atoms with Gasteiger partial charge in [-0.05, 0) is 13.8 Å². The second-order valence-corrected chi connectivity index (χ2v) is 3.83. The van der Waals surface area contributed by atoms with Gasteiger partial charge < -0.3 is 5.32 Å². The van der Waals surface area contributed by atoms with Crippen LogP contribution in [-0.4, -0.2) is 11.0 Å². The first-order valence-electron chi connectivity index (χ1n) is 4.31. The predicted octanol–water partition coefficient (Wildman–Crippen LogP) is 2.21. The van der Waals surface area contributed by atoms with Crippen molar-refractivity contribution < 1.29 is 0 Å². The number of nitrogens with one attached hydrogen (secondary N) is 1. The molecule has 3 heteroatoms. The maximum Gasteiger partial charge on any atom is 0.0795 e. The molecule has 2 unspecified atom stereocenters. The summed E-state index contributed by atoms with van der Waals surface area (Å²) < 4.78 is 0. The van der Waals surface area contributed by atoms with Gasteiger partial charge in [-0.15, -0.1) is 23.7 Å². The standard InChI is InChI=1S/C10H14N2S/c1-4-5-8(2)12-9(3)10-6-13-7-11-10/h1,6-9,12H,5H2,2-3H3. The molecule has 0 amide bonds. The molecule has 1 N–H and O–H groups in total. The van der Waals surface area contributed by atoms with Crippen LogP contribution in [0.15, 0.2) is 10.9 Å². The molecule has 70 valence electrons. The van der Waals surface area contributed by atoms with Crippen molar-refractivity contribution in [2.75, 3.05) is 0 Å². The highest BCUT2D eigenvalue weighted by Crippen LogP contribution is 2.12. The lowest BCUT2D eigenvalue weighted by atomic mass is 10.2. The van der Waals surface area contributed by atoms with Gasteiger partial charge in [0.05, 0.1) is 11.2 Å². The van der Waals surface area contributed by atoms with E-state index in [9.17, 15) is 0 Å². The maximum absolute atomic E-state index is 5.22. The second kappa shape index (κ2) is 5.00. The molecular weight excluding hydrogens is 180 g/mol. The molecule has 0 aliphatic carbocycles. The Hall–Kier alpha value is -0.850. The van der Waals surface area contributed by atoms with Gasteiger partial charge >= 0.3 is 0 Å². The van der Waals surface area contributed by atoms with E-state index in [1.54, 1.807) is 11.3 Å². The summed E-state index contributed by atoms with van der Waals surface area (Å²) in [6.45, 7) is 4.19. The zero-order chi connectivity index (χ0) is 9.68. The Morgan fingerprint density at radius 1 is 1.69 bits per heavy atom. The SMILES string of the molecule is C#CCC(C)NC(C)c1cscn1. The number of nitrogens with zero attached hydrogens (tertiary/aromatic N) is 1. The average molecular weight is 194 g/mol. The summed E-state index contributed by atoms with van der Waals surface area (Å²) in [6.07, 6.45) is 5.98. The first kappa shape index (κ1) is 10.2. The van der Waals surface area contributed by atoms with E-state index >= 15 is 0 Å². The Bertz CT molecular complexity index is 274. The minimum Gasteiger partial charge on any atom is -0.305 e. The third-order valence-corrected chi connectivity index (χ3v) is 2.46. The van der Waals surface area contributed by atoms with Crippen LogP contribution in [0.2, 0.25) is 0 Å². The Morgan fingerprint density at radius 3 is 3.00 bits per heavy atom. The van der Waals surface area contributed by atoms with Crippen molar-refractivity contribution in [1.29, 1.82) is 0 Å². The molecule has 0 radical (unpaired) electrons. The Balaban J connectivity index is 2.42. The minimum absolute atomic E-state index is 0.287. The molecule has 1 aromatic heterocycles. The molecule has 0 saturated carbocycles. The van der Waals surface area contributed by atoms with Gasteiger partial charge in [0.2, 0.25) is 0 Å². The summed E-state index contributed by atoms with van der Waals surface area (Å²) in [5.74, 6) is 2.64. The molecule has 0 saturated heterocycles. The van der Waals surface area contributed by atoms with E-state index < -0.39 is 0 Å². The van der Waals surface area contributed by atoms with Crippen molar-refractivity contribution >= 4 is 11.3 Å². The van der Waals surface area contributed by atoms with Gasteiger partial charge in [0.1, 0.15) is 0 Å². The van der Waals surface area contributed by atoms with Gasteiger partial charge in [0.15, 0.2) is 0 Å². The van der Waals surface area contributed by atoms with E-state index in [0.717, 1.165) is 12.1 Å². The molecule has 1 rings (SSSR count). The van der Waals surface area contributed by atoms with E-state index in [-0.39, 0.29) is 6.04 Å². The predicted molar refractivity (Wildman–Crippen MR) is 56.6 cm³/mol. The zero-order valence-corrected chi connectivity index (χ0v) is 8.77. The smallest absolute Gasteiger partial charge is 0.0795 e. The first-order valence-corrected chi connectivity index (χ1v) is 5.26. The Morgan fingerprint density at radius 2 is 2.46 bits per heavy atom. The van der Waals surface area contributed by atoms with Crippen LogP contribution < -0.4 is 5.32 Å². The van der Waals surface area contributed by atoms with Gasteiger partial charge in [0.25, 0.3) is 0 Å². The lowest BCUT2D eigenvalue weighted by molar-refractivity contribution is 0.480.